The van der Waals surface area contributed by atoms with E-state index in [1.165, 1.54) is 0 Å². The second-order valence-corrected chi connectivity index (χ2v) is 5.13. The predicted octanol–water partition coefficient (Wildman–Crippen LogP) is 6.82. The molecule has 22 heavy (non-hydrogen) atoms. The fourth-order valence-corrected chi connectivity index (χ4v) is 1.72. The lowest BCUT2D eigenvalue weighted by atomic mass is 10.3. The van der Waals surface area contributed by atoms with E-state index in [4.69, 9.17) is 46.4 Å². The summed E-state index contributed by atoms with van der Waals surface area (Å²) >= 11 is 20.7. The molecule has 2 aromatic carbocycles. The molecule has 0 saturated carbocycles. The monoisotopic (exact) mass is 400 g/mol. The van der Waals surface area contributed by atoms with E-state index in [0.29, 0.717) is 12.1 Å². The van der Waals surface area contributed by atoms with Crippen molar-refractivity contribution in [2.75, 3.05) is 0 Å². The second kappa shape index (κ2) is 7.64. The molecule has 0 unspecified atom stereocenters. The van der Waals surface area contributed by atoms with Crippen molar-refractivity contribution >= 4 is 46.4 Å². The van der Waals surface area contributed by atoms with Gasteiger partial charge in [-0.25, -0.2) is 26.3 Å². The summed E-state index contributed by atoms with van der Waals surface area (Å²) < 4.78 is 73.9. The minimum atomic E-state index is -1.61. The first-order chi connectivity index (χ1) is 10.1. The van der Waals surface area contributed by atoms with E-state index in [-0.39, 0.29) is 10.0 Å². The Bertz CT molecular complexity index is 606. The molecule has 0 radical (unpaired) electrons. The van der Waals surface area contributed by atoms with Crippen molar-refractivity contribution in [1.82, 2.24) is 0 Å². The molecule has 0 N–H and O–H groups in total. The van der Waals surface area contributed by atoms with Crippen LogP contribution in [0.15, 0.2) is 12.1 Å². The van der Waals surface area contributed by atoms with E-state index < -0.39 is 44.9 Å². The maximum absolute atomic E-state index is 12.4. The lowest BCUT2D eigenvalue weighted by Gasteiger charge is -1.98. The number of rotatable bonds is 0. The molecule has 0 aliphatic heterocycles. The summed E-state index contributed by atoms with van der Waals surface area (Å²) in [7, 11) is 0. The van der Waals surface area contributed by atoms with E-state index in [1.807, 2.05) is 0 Å². The lowest BCUT2D eigenvalue weighted by Crippen LogP contribution is -1.91. The number of hydrogen-bond acceptors (Lipinski definition) is 0. The molecule has 0 aliphatic rings. The molecule has 0 heterocycles. The Labute approximate surface area is 140 Å². The summed E-state index contributed by atoms with van der Waals surface area (Å²) in [6, 6.07) is 1.23. The highest BCUT2D eigenvalue weighted by Crippen LogP contribution is 2.29. The normalized spacial score (nSPS) is 10.3. The zero-order chi connectivity index (χ0) is 17.2. The summed E-state index contributed by atoms with van der Waals surface area (Å²) in [4.78, 5) is 0. The molecule has 0 bridgehead atoms. The standard InChI is InChI=1S/2C6HCl2F3/c2*7-2-1-3(9)5(10)6(11)4(2)8/h2*1H. The highest BCUT2D eigenvalue weighted by Gasteiger charge is 2.16. The second-order valence-electron chi connectivity index (χ2n) is 3.56. The number of hydrogen-bond donors (Lipinski definition) is 0. The maximum atomic E-state index is 12.4. The Morgan fingerprint density at radius 1 is 0.500 bits per heavy atom. The summed E-state index contributed by atoms with van der Waals surface area (Å²) in [5.74, 6) is -8.85. The van der Waals surface area contributed by atoms with Gasteiger partial charge in [0.25, 0.3) is 0 Å². The van der Waals surface area contributed by atoms with E-state index in [2.05, 4.69) is 0 Å². The first-order valence-corrected chi connectivity index (χ1v) is 6.56. The zero-order valence-electron chi connectivity index (χ0n) is 9.93. The van der Waals surface area contributed by atoms with Crippen LogP contribution in [0.2, 0.25) is 20.1 Å². The van der Waals surface area contributed by atoms with Crippen LogP contribution in [0.25, 0.3) is 0 Å². The van der Waals surface area contributed by atoms with Gasteiger partial charge in [-0.3, -0.25) is 0 Å². The van der Waals surface area contributed by atoms with Gasteiger partial charge in [0, 0.05) is 0 Å². The third-order valence-electron chi connectivity index (χ3n) is 2.12. The molecule has 2 rings (SSSR count). The van der Waals surface area contributed by atoms with Gasteiger partial charge >= 0.3 is 0 Å². The molecule has 10 heteroatoms. The number of halogens is 10. The van der Waals surface area contributed by atoms with Crippen LogP contribution < -0.4 is 0 Å². The Morgan fingerprint density at radius 2 is 0.773 bits per heavy atom. The zero-order valence-corrected chi connectivity index (χ0v) is 13.0. The molecular formula is C12H2Cl4F6. The maximum Gasteiger partial charge on any atom is 0.196 e. The van der Waals surface area contributed by atoms with Gasteiger partial charge in [0.05, 0.1) is 20.1 Å². The summed E-state index contributed by atoms with van der Waals surface area (Å²) in [6.45, 7) is 0. The van der Waals surface area contributed by atoms with Gasteiger partial charge in [0.15, 0.2) is 34.9 Å². The fraction of sp³-hybridized carbons (Fsp3) is 0. The van der Waals surface area contributed by atoms with E-state index in [9.17, 15) is 26.3 Å². The van der Waals surface area contributed by atoms with Crippen molar-refractivity contribution in [1.29, 1.82) is 0 Å². The number of benzene rings is 2. The molecule has 0 nitrogen and oxygen atoms in total. The molecule has 0 aromatic heterocycles. The van der Waals surface area contributed by atoms with Crippen molar-refractivity contribution in [3.8, 4) is 0 Å². The first kappa shape index (κ1) is 19.2. The van der Waals surface area contributed by atoms with Crippen LogP contribution in [0.3, 0.4) is 0 Å². The molecule has 0 aliphatic carbocycles. The topological polar surface area (TPSA) is 0 Å². The van der Waals surface area contributed by atoms with Crippen molar-refractivity contribution in [2.45, 2.75) is 0 Å². The summed E-state index contributed by atoms with van der Waals surface area (Å²) in [5.41, 5.74) is 0. The van der Waals surface area contributed by atoms with E-state index >= 15 is 0 Å². The van der Waals surface area contributed by atoms with Crippen LogP contribution in [-0.2, 0) is 0 Å². The van der Waals surface area contributed by atoms with Gasteiger partial charge < -0.3 is 0 Å². The van der Waals surface area contributed by atoms with Crippen molar-refractivity contribution in [3.63, 3.8) is 0 Å². The highest BCUT2D eigenvalue weighted by atomic mass is 35.5. The molecule has 120 valence electrons. The molecule has 0 saturated heterocycles. The van der Waals surface area contributed by atoms with Gasteiger partial charge in [-0.05, 0) is 12.1 Å². The summed E-state index contributed by atoms with van der Waals surface area (Å²) in [6.07, 6.45) is 0. The van der Waals surface area contributed by atoms with Gasteiger partial charge in [-0.2, -0.15) is 0 Å². The quantitative estimate of drug-likeness (QED) is 0.258. The van der Waals surface area contributed by atoms with E-state index in [1.54, 1.807) is 0 Å². The molecule has 0 atom stereocenters. The Kier molecular flexibility index (Phi) is 6.67. The third kappa shape index (κ3) is 4.13. The average Bonchev–Trinajstić information content (AvgIpc) is 2.47. The highest BCUT2D eigenvalue weighted by molar-refractivity contribution is 6.42. The molecule has 0 fully saturated rings. The first-order valence-electron chi connectivity index (χ1n) is 5.04. The van der Waals surface area contributed by atoms with Crippen LogP contribution in [-0.4, -0.2) is 0 Å². The van der Waals surface area contributed by atoms with Gasteiger partial charge in [0.2, 0.25) is 0 Å². The van der Waals surface area contributed by atoms with Crippen molar-refractivity contribution < 1.29 is 26.3 Å². The van der Waals surface area contributed by atoms with Gasteiger partial charge in [0.1, 0.15) is 0 Å². The van der Waals surface area contributed by atoms with Crippen LogP contribution in [0, 0.1) is 34.9 Å². The average molecular weight is 402 g/mol. The van der Waals surface area contributed by atoms with Crippen molar-refractivity contribution in [2.24, 2.45) is 0 Å². The lowest BCUT2D eigenvalue weighted by molar-refractivity contribution is 0.447. The Balaban J connectivity index is 0.000000220. The smallest absolute Gasteiger partial charge is 0.196 e. The van der Waals surface area contributed by atoms with Gasteiger partial charge in [-0.15, -0.1) is 0 Å². The molecular weight excluding hydrogens is 400 g/mol. The third-order valence-corrected chi connectivity index (χ3v) is 3.65. The van der Waals surface area contributed by atoms with Crippen LogP contribution in [0.5, 0.6) is 0 Å². The molecule has 2 aromatic rings. The fourth-order valence-electron chi connectivity index (χ4n) is 1.09. The molecule has 0 amide bonds. The molecule has 0 spiro atoms. The predicted molar refractivity (Wildman–Crippen MR) is 72.7 cm³/mol. The van der Waals surface area contributed by atoms with Crippen LogP contribution >= 0.6 is 46.4 Å². The van der Waals surface area contributed by atoms with Crippen LogP contribution in [0.4, 0.5) is 26.3 Å². The minimum absolute atomic E-state index is 0.344. The SMILES string of the molecule is Fc1cc(Cl)c(Cl)c(F)c1F.Fc1cc(Cl)c(Cl)c(F)c1F. The van der Waals surface area contributed by atoms with Crippen molar-refractivity contribution in [3.05, 3.63) is 67.1 Å². The largest absolute Gasteiger partial charge is 0.204 e. The Morgan fingerprint density at radius 3 is 1.05 bits per heavy atom. The van der Waals surface area contributed by atoms with Gasteiger partial charge in [-0.1, -0.05) is 46.4 Å². The summed E-state index contributed by atoms with van der Waals surface area (Å²) in [5, 5.41) is -1.90. The van der Waals surface area contributed by atoms with E-state index in [0.717, 1.165) is 0 Å². The Hall–Kier alpha value is -0.820. The minimum Gasteiger partial charge on any atom is -0.204 e. The van der Waals surface area contributed by atoms with Crippen LogP contribution in [0.1, 0.15) is 0 Å².